The maximum absolute atomic E-state index is 13.5. The molecule has 218 valence electrons. The molecule has 0 unspecified atom stereocenters. The third-order valence-corrected chi connectivity index (χ3v) is 8.56. The zero-order chi connectivity index (χ0) is 30.1. The first-order valence-electron chi connectivity index (χ1n) is 13.0. The number of sulfonamides is 1. The molecule has 8 nitrogen and oxygen atoms in total. The number of rotatable bonds is 12. The van der Waals surface area contributed by atoms with Crippen molar-refractivity contribution < 1.29 is 22.7 Å². The molecule has 0 aromatic heterocycles. The van der Waals surface area contributed by atoms with Crippen LogP contribution in [-0.4, -0.2) is 33.7 Å². The van der Waals surface area contributed by atoms with Gasteiger partial charge in [-0.3, -0.25) is 9.10 Å². The fraction of sp³-hybridized carbons (Fsp3) is 0.161. The minimum atomic E-state index is -4.03. The summed E-state index contributed by atoms with van der Waals surface area (Å²) in [7, 11) is -4.03. The fourth-order valence-electron chi connectivity index (χ4n) is 3.84. The molecule has 0 saturated heterocycles. The number of nitrogens with one attached hydrogen (secondary N) is 1. The van der Waals surface area contributed by atoms with Crippen LogP contribution in [0.3, 0.4) is 0 Å². The first-order valence-corrected chi connectivity index (χ1v) is 15.6. The van der Waals surface area contributed by atoms with Crippen LogP contribution in [0.2, 0.25) is 5.02 Å². The van der Waals surface area contributed by atoms with Gasteiger partial charge in [0.25, 0.3) is 15.9 Å². The van der Waals surface area contributed by atoms with Gasteiger partial charge in [-0.25, -0.2) is 13.8 Å². The molecular weight excluding hydrogens is 642 g/mol. The molecule has 0 bridgehead atoms. The van der Waals surface area contributed by atoms with Gasteiger partial charge in [-0.1, -0.05) is 57.4 Å². The highest BCUT2D eigenvalue weighted by atomic mass is 79.9. The highest BCUT2D eigenvalue weighted by Gasteiger charge is 2.27. The molecule has 4 aromatic carbocycles. The summed E-state index contributed by atoms with van der Waals surface area (Å²) in [5, 5.41) is 4.69. The summed E-state index contributed by atoms with van der Waals surface area (Å²) in [6.45, 7) is 4.02. The second kappa shape index (κ2) is 14.4. The zero-order valence-electron chi connectivity index (χ0n) is 23.0. The predicted octanol–water partition coefficient (Wildman–Crippen LogP) is 6.73. The van der Waals surface area contributed by atoms with Crippen molar-refractivity contribution in [3.05, 3.63) is 117 Å². The normalized spacial score (nSPS) is 11.3. The average Bonchev–Trinajstić information content (AvgIpc) is 2.97. The SMILES string of the molecule is CCOc1cc(/C=N\NC(=O)CN(c2ccc(Br)cc2)S(=O)(=O)c2ccc(C)cc2)ccc1OCc1ccc(Cl)cc1. The number of hydrogen-bond acceptors (Lipinski definition) is 6. The number of aryl methyl sites for hydroxylation is 1. The Morgan fingerprint density at radius 2 is 1.64 bits per heavy atom. The van der Waals surface area contributed by atoms with Crippen molar-refractivity contribution in [2.75, 3.05) is 17.5 Å². The molecule has 0 atom stereocenters. The van der Waals surface area contributed by atoms with Crippen LogP contribution in [0.15, 0.2) is 105 Å². The second-order valence-electron chi connectivity index (χ2n) is 9.15. The van der Waals surface area contributed by atoms with Gasteiger partial charge in [0.1, 0.15) is 13.2 Å². The highest BCUT2D eigenvalue weighted by molar-refractivity contribution is 9.10. The van der Waals surface area contributed by atoms with Crippen LogP contribution in [0.5, 0.6) is 11.5 Å². The third-order valence-electron chi connectivity index (χ3n) is 5.99. The first kappa shape index (κ1) is 31.1. The molecule has 0 fully saturated rings. The van der Waals surface area contributed by atoms with Crippen molar-refractivity contribution in [3.8, 4) is 11.5 Å². The van der Waals surface area contributed by atoms with Crippen molar-refractivity contribution in [1.29, 1.82) is 0 Å². The van der Waals surface area contributed by atoms with E-state index in [1.54, 1.807) is 66.7 Å². The lowest BCUT2D eigenvalue weighted by molar-refractivity contribution is -0.119. The van der Waals surface area contributed by atoms with Crippen molar-refractivity contribution in [2.45, 2.75) is 25.3 Å². The van der Waals surface area contributed by atoms with Crippen LogP contribution in [-0.2, 0) is 21.4 Å². The molecule has 0 radical (unpaired) electrons. The van der Waals surface area contributed by atoms with Gasteiger partial charge in [-0.15, -0.1) is 0 Å². The van der Waals surface area contributed by atoms with Crippen molar-refractivity contribution in [3.63, 3.8) is 0 Å². The number of hydrazone groups is 1. The van der Waals surface area contributed by atoms with Gasteiger partial charge in [0.15, 0.2) is 11.5 Å². The van der Waals surface area contributed by atoms with Crippen LogP contribution < -0.4 is 19.2 Å². The number of anilines is 1. The van der Waals surface area contributed by atoms with Gasteiger partial charge in [0.2, 0.25) is 0 Å². The molecule has 0 aliphatic heterocycles. The summed E-state index contributed by atoms with van der Waals surface area (Å²) >= 11 is 9.31. The minimum Gasteiger partial charge on any atom is -0.490 e. The van der Waals surface area contributed by atoms with E-state index in [-0.39, 0.29) is 4.90 Å². The summed E-state index contributed by atoms with van der Waals surface area (Å²) in [5.74, 6) is 0.463. The Morgan fingerprint density at radius 3 is 2.31 bits per heavy atom. The highest BCUT2D eigenvalue weighted by Crippen LogP contribution is 2.29. The number of halogens is 2. The first-order chi connectivity index (χ1) is 20.2. The van der Waals surface area contributed by atoms with Crippen molar-refractivity contribution >= 4 is 55.4 Å². The lowest BCUT2D eigenvalue weighted by Crippen LogP contribution is -2.39. The largest absolute Gasteiger partial charge is 0.490 e. The number of ether oxygens (including phenoxy) is 2. The fourth-order valence-corrected chi connectivity index (χ4v) is 5.65. The molecule has 1 amide bonds. The summed E-state index contributed by atoms with van der Waals surface area (Å²) in [6.07, 6.45) is 1.45. The van der Waals surface area contributed by atoms with Gasteiger partial charge in [-0.2, -0.15) is 5.10 Å². The van der Waals surface area contributed by atoms with Crippen LogP contribution in [0, 0.1) is 6.92 Å². The molecule has 4 rings (SSSR count). The van der Waals surface area contributed by atoms with E-state index >= 15 is 0 Å². The van der Waals surface area contributed by atoms with Gasteiger partial charge >= 0.3 is 0 Å². The lowest BCUT2D eigenvalue weighted by Gasteiger charge is -2.23. The summed E-state index contributed by atoms with van der Waals surface area (Å²) in [4.78, 5) is 13.0. The summed E-state index contributed by atoms with van der Waals surface area (Å²) < 4.78 is 40.5. The molecular formula is C31H29BrClN3O5S. The van der Waals surface area contributed by atoms with Crippen LogP contribution in [0.25, 0.3) is 0 Å². The van der Waals surface area contributed by atoms with E-state index in [9.17, 15) is 13.2 Å². The number of hydrogen-bond donors (Lipinski definition) is 1. The second-order valence-corrected chi connectivity index (χ2v) is 12.4. The molecule has 1 N–H and O–H groups in total. The topological polar surface area (TPSA) is 97.3 Å². The maximum Gasteiger partial charge on any atom is 0.264 e. The number of amides is 1. The zero-order valence-corrected chi connectivity index (χ0v) is 26.1. The minimum absolute atomic E-state index is 0.0779. The Balaban J connectivity index is 1.46. The van der Waals surface area contributed by atoms with Gasteiger partial charge < -0.3 is 9.47 Å². The van der Waals surface area contributed by atoms with Gasteiger partial charge in [0.05, 0.1) is 23.4 Å². The number of nitrogens with zero attached hydrogens (tertiary/aromatic N) is 2. The Labute approximate surface area is 259 Å². The molecule has 0 aliphatic rings. The predicted molar refractivity (Wildman–Crippen MR) is 169 cm³/mol. The van der Waals surface area contributed by atoms with E-state index in [2.05, 4.69) is 26.5 Å². The van der Waals surface area contributed by atoms with E-state index in [0.29, 0.717) is 41.0 Å². The smallest absolute Gasteiger partial charge is 0.264 e. The Kier molecular flexibility index (Phi) is 10.6. The molecule has 0 spiro atoms. The van der Waals surface area contributed by atoms with E-state index < -0.39 is 22.5 Å². The standard InChI is InChI=1S/C31H29BrClN3O5S/c1-3-40-30-18-24(8-17-29(30)41-21-23-6-11-26(33)12-7-23)19-34-35-31(37)20-36(27-13-9-25(32)10-14-27)42(38,39)28-15-4-22(2)5-16-28/h4-19H,3,20-21H2,1-2H3,(H,35,37)/b34-19-. The molecule has 0 heterocycles. The van der Waals surface area contributed by atoms with Crippen LogP contribution in [0.1, 0.15) is 23.6 Å². The van der Waals surface area contributed by atoms with Gasteiger partial charge in [-0.05, 0) is 91.7 Å². The van der Waals surface area contributed by atoms with Crippen molar-refractivity contribution in [1.82, 2.24) is 5.43 Å². The Morgan fingerprint density at radius 1 is 0.952 bits per heavy atom. The van der Waals surface area contributed by atoms with E-state index in [0.717, 1.165) is 19.9 Å². The van der Waals surface area contributed by atoms with Crippen LogP contribution >= 0.6 is 27.5 Å². The van der Waals surface area contributed by atoms with E-state index in [1.807, 2.05) is 26.0 Å². The lowest BCUT2D eigenvalue weighted by atomic mass is 10.2. The number of carbonyl (C=O) groups excluding carboxylic acids is 1. The Hall–Kier alpha value is -3.86. The van der Waals surface area contributed by atoms with E-state index in [4.69, 9.17) is 21.1 Å². The number of benzene rings is 4. The summed E-state index contributed by atoms with van der Waals surface area (Å²) in [5.41, 5.74) is 5.29. The quantitative estimate of drug-likeness (QED) is 0.133. The maximum atomic E-state index is 13.5. The molecule has 42 heavy (non-hydrogen) atoms. The van der Waals surface area contributed by atoms with E-state index in [1.165, 1.54) is 18.3 Å². The summed E-state index contributed by atoms with van der Waals surface area (Å²) in [6, 6.07) is 25.8. The third kappa shape index (κ3) is 8.34. The monoisotopic (exact) mass is 669 g/mol. The van der Waals surface area contributed by atoms with Gasteiger partial charge in [0, 0.05) is 9.50 Å². The van der Waals surface area contributed by atoms with Crippen LogP contribution in [0.4, 0.5) is 5.69 Å². The number of carbonyl (C=O) groups is 1. The molecule has 0 saturated carbocycles. The molecule has 4 aromatic rings. The average molecular weight is 671 g/mol. The van der Waals surface area contributed by atoms with Crippen molar-refractivity contribution in [2.24, 2.45) is 5.10 Å². The molecule has 0 aliphatic carbocycles. The Bertz CT molecular complexity index is 1650. The molecule has 11 heteroatoms.